The van der Waals surface area contributed by atoms with Crippen LogP contribution >= 0.6 is 35.3 Å². The summed E-state index contributed by atoms with van der Waals surface area (Å²) in [4.78, 5) is 5.57. The number of hydrogen-bond donors (Lipinski definition) is 1. The number of rotatable bonds is 3. The zero-order chi connectivity index (χ0) is 12.8. The van der Waals surface area contributed by atoms with Gasteiger partial charge in [0.15, 0.2) is 5.82 Å². The maximum atomic E-state index is 6.18. The first kappa shape index (κ1) is 14.8. The van der Waals surface area contributed by atoms with Crippen molar-refractivity contribution in [3.05, 3.63) is 33.1 Å². The molecule has 0 aromatic carbocycles. The highest BCUT2D eigenvalue weighted by molar-refractivity contribution is 7.16. The second kappa shape index (κ2) is 5.40. The minimum absolute atomic E-state index is 0. The summed E-state index contributed by atoms with van der Waals surface area (Å²) in [5.74, 6) is 1.31. The van der Waals surface area contributed by atoms with Crippen LogP contribution in [0.25, 0.3) is 0 Å². The molecule has 1 unspecified atom stereocenters. The van der Waals surface area contributed by atoms with Gasteiger partial charge in [-0.15, -0.1) is 23.7 Å². The average molecular weight is 320 g/mol. The minimum Gasteiger partial charge on any atom is -0.339 e. The van der Waals surface area contributed by atoms with E-state index >= 15 is 0 Å². The minimum atomic E-state index is -0.367. The molecule has 0 saturated heterocycles. The molecule has 19 heavy (non-hydrogen) atoms. The molecule has 1 atom stereocenters. The van der Waals surface area contributed by atoms with Gasteiger partial charge in [-0.1, -0.05) is 16.8 Å². The summed E-state index contributed by atoms with van der Waals surface area (Å²) in [6.07, 6.45) is 3.01. The van der Waals surface area contributed by atoms with Gasteiger partial charge >= 0.3 is 0 Å². The number of hydrogen-bond acceptors (Lipinski definition) is 5. The molecule has 0 amide bonds. The van der Waals surface area contributed by atoms with Gasteiger partial charge in [0.1, 0.15) is 0 Å². The summed E-state index contributed by atoms with van der Waals surface area (Å²) >= 11 is 7.47. The fourth-order valence-electron chi connectivity index (χ4n) is 2.08. The Kier molecular flexibility index (Phi) is 4.20. The lowest BCUT2D eigenvalue weighted by Crippen LogP contribution is -2.44. The van der Waals surface area contributed by atoms with Crippen molar-refractivity contribution in [2.75, 3.05) is 0 Å². The lowest BCUT2D eigenvalue weighted by Gasteiger charge is -2.34. The van der Waals surface area contributed by atoms with E-state index in [4.69, 9.17) is 21.9 Å². The molecule has 1 fully saturated rings. The monoisotopic (exact) mass is 319 g/mol. The molecule has 3 rings (SSSR count). The van der Waals surface area contributed by atoms with Crippen LogP contribution in [0.3, 0.4) is 0 Å². The quantitative estimate of drug-likeness (QED) is 0.936. The van der Waals surface area contributed by atoms with Crippen molar-refractivity contribution in [2.45, 2.75) is 37.6 Å². The van der Waals surface area contributed by atoms with Crippen LogP contribution in [0, 0.1) is 0 Å². The molecule has 4 nitrogen and oxygen atoms in total. The van der Waals surface area contributed by atoms with Crippen LogP contribution in [-0.2, 0) is 5.54 Å². The van der Waals surface area contributed by atoms with Crippen LogP contribution in [0.5, 0.6) is 0 Å². The molecular formula is C12H15Cl2N3OS. The van der Waals surface area contributed by atoms with Crippen LogP contribution in [0.2, 0.25) is 4.34 Å². The predicted molar refractivity (Wildman–Crippen MR) is 78.1 cm³/mol. The van der Waals surface area contributed by atoms with Gasteiger partial charge in [0, 0.05) is 4.88 Å². The van der Waals surface area contributed by atoms with Crippen molar-refractivity contribution in [2.24, 2.45) is 5.73 Å². The van der Waals surface area contributed by atoms with Crippen molar-refractivity contribution in [3.63, 3.8) is 0 Å². The van der Waals surface area contributed by atoms with Crippen LogP contribution in [0.15, 0.2) is 16.7 Å². The Hall–Kier alpha value is -0.620. The van der Waals surface area contributed by atoms with E-state index in [1.807, 2.05) is 19.1 Å². The molecule has 1 aliphatic rings. The standard InChI is InChI=1S/C12H14ClN3OS.ClH/c1-7(8-3-4-9(13)18-8)10-15-11(16-17-10)12(14)5-2-6-12;/h3-4,7H,2,5-6,14H2,1H3;1H. The van der Waals surface area contributed by atoms with Gasteiger partial charge in [-0.2, -0.15) is 4.98 Å². The molecule has 2 heterocycles. The van der Waals surface area contributed by atoms with Crippen molar-refractivity contribution in [1.29, 1.82) is 0 Å². The Morgan fingerprint density at radius 1 is 1.47 bits per heavy atom. The second-order valence-corrected chi connectivity index (χ2v) is 6.58. The number of aromatic nitrogens is 2. The molecule has 0 radical (unpaired) electrons. The van der Waals surface area contributed by atoms with E-state index in [1.54, 1.807) is 0 Å². The first-order valence-corrected chi connectivity index (χ1v) is 7.16. The molecule has 2 N–H and O–H groups in total. The summed E-state index contributed by atoms with van der Waals surface area (Å²) in [5, 5.41) is 4.02. The highest BCUT2D eigenvalue weighted by Crippen LogP contribution is 2.38. The summed E-state index contributed by atoms with van der Waals surface area (Å²) in [5.41, 5.74) is 5.81. The predicted octanol–water partition coefficient (Wildman–Crippen LogP) is 3.70. The Labute approximate surface area is 126 Å². The van der Waals surface area contributed by atoms with E-state index in [-0.39, 0.29) is 23.9 Å². The summed E-state index contributed by atoms with van der Waals surface area (Å²) in [7, 11) is 0. The molecule has 1 aliphatic carbocycles. The largest absolute Gasteiger partial charge is 0.339 e. The Balaban J connectivity index is 0.00000133. The lowest BCUT2D eigenvalue weighted by molar-refractivity contribution is 0.228. The number of nitrogens with zero attached hydrogens (tertiary/aromatic N) is 2. The highest BCUT2D eigenvalue weighted by atomic mass is 35.5. The molecule has 7 heteroatoms. The fraction of sp³-hybridized carbons (Fsp3) is 0.500. The van der Waals surface area contributed by atoms with Gasteiger partial charge in [-0.05, 0) is 38.3 Å². The third-order valence-electron chi connectivity index (χ3n) is 3.52. The molecule has 0 aliphatic heterocycles. The second-order valence-electron chi connectivity index (χ2n) is 4.83. The normalized spacial score (nSPS) is 18.5. The molecule has 0 spiro atoms. The Bertz CT molecular complexity index is 565. The third kappa shape index (κ3) is 2.65. The van der Waals surface area contributed by atoms with Gasteiger partial charge in [-0.25, -0.2) is 0 Å². The van der Waals surface area contributed by atoms with E-state index in [0.29, 0.717) is 11.7 Å². The fourth-order valence-corrected chi connectivity index (χ4v) is 3.18. The summed E-state index contributed by atoms with van der Waals surface area (Å²) in [6, 6.07) is 3.87. The molecule has 1 saturated carbocycles. The topological polar surface area (TPSA) is 64.9 Å². The third-order valence-corrected chi connectivity index (χ3v) is 4.94. The van der Waals surface area contributed by atoms with E-state index < -0.39 is 0 Å². The Morgan fingerprint density at radius 2 is 2.21 bits per heavy atom. The van der Waals surface area contributed by atoms with Crippen LogP contribution in [0.4, 0.5) is 0 Å². The van der Waals surface area contributed by atoms with E-state index in [1.165, 1.54) is 11.3 Å². The summed E-state index contributed by atoms with van der Waals surface area (Å²) in [6.45, 7) is 2.03. The number of thiophene rings is 1. The van der Waals surface area contributed by atoms with Gasteiger partial charge in [-0.3, -0.25) is 0 Å². The molecular weight excluding hydrogens is 305 g/mol. The first-order valence-electron chi connectivity index (χ1n) is 5.97. The van der Waals surface area contributed by atoms with Crippen molar-refractivity contribution in [3.8, 4) is 0 Å². The summed E-state index contributed by atoms with van der Waals surface area (Å²) < 4.78 is 6.10. The van der Waals surface area contributed by atoms with Crippen LogP contribution in [0.1, 0.15) is 48.7 Å². The van der Waals surface area contributed by atoms with Crippen molar-refractivity contribution >= 4 is 35.3 Å². The Morgan fingerprint density at radius 3 is 2.74 bits per heavy atom. The van der Waals surface area contributed by atoms with Crippen molar-refractivity contribution in [1.82, 2.24) is 10.1 Å². The molecule has 104 valence electrons. The first-order chi connectivity index (χ1) is 8.58. The average Bonchev–Trinajstić information content (AvgIpc) is 2.93. The van der Waals surface area contributed by atoms with Crippen LogP contribution in [-0.4, -0.2) is 10.1 Å². The molecule has 0 bridgehead atoms. The molecule has 2 aromatic rings. The maximum absolute atomic E-state index is 6.18. The maximum Gasteiger partial charge on any atom is 0.234 e. The smallest absolute Gasteiger partial charge is 0.234 e. The zero-order valence-electron chi connectivity index (χ0n) is 10.4. The van der Waals surface area contributed by atoms with Gasteiger partial charge < -0.3 is 10.3 Å². The van der Waals surface area contributed by atoms with E-state index in [2.05, 4.69) is 10.1 Å². The highest BCUT2D eigenvalue weighted by Gasteiger charge is 2.39. The van der Waals surface area contributed by atoms with E-state index in [0.717, 1.165) is 28.5 Å². The molecule has 2 aromatic heterocycles. The van der Waals surface area contributed by atoms with Gasteiger partial charge in [0.2, 0.25) is 5.89 Å². The number of nitrogens with two attached hydrogens (primary N) is 1. The van der Waals surface area contributed by atoms with Crippen LogP contribution < -0.4 is 5.73 Å². The SMILES string of the molecule is CC(c1nc(C2(N)CCC2)no1)c1ccc(Cl)s1.Cl. The van der Waals surface area contributed by atoms with Crippen molar-refractivity contribution < 1.29 is 4.52 Å². The lowest BCUT2D eigenvalue weighted by atomic mass is 9.77. The number of halogens is 2. The van der Waals surface area contributed by atoms with Gasteiger partial charge in [0.25, 0.3) is 0 Å². The van der Waals surface area contributed by atoms with E-state index in [9.17, 15) is 0 Å². The van der Waals surface area contributed by atoms with Gasteiger partial charge in [0.05, 0.1) is 15.8 Å². The zero-order valence-corrected chi connectivity index (χ0v) is 12.8.